The summed E-state index contributed by atoms with van der Waals surface area (Å²) >= 11 is 0. The van der Waals surface area contributed by atoms with Crippen molar-refractivity contribution in [1.82, 2.24) is 4.90 Å². The molecule has 0 bridgehead atoms. The minimum Gasteiger partial charge on any atom is -0.457 e. The van der Waals surface area contributed by atoms with Crippen LogP contribution in [-0.2, 0) is 11.3 Å². The van der Waals surface area contributed by atoms with Gasteiger partial charge in [-0.05, 0) is 65.2 Å². The molecule has 176 valence electrons. The summed E-state index contributed by atoms with van der Waals surface area (Å²) in [7, 11) is 0. The first-order valence-electron chi connectivity index (χ1n) is 11.4. The third kappa shape index (κ3) is 5.08. The number of hydrogen-bond donors (Lipinski definition) is 0. The molecule has 0 aromatic heterocycles. The summed E-state index contributed by atoms with van der Waals surface area (Å²) in [6, 6.07) is 33.1. The molecule has 1 aliphatic rings. The predicted molar refractivity (Wildman–Crippen MR) is 139 cm³/mol. The highest BCUT2D eigenvalue weighted by atomic mass is 16.6. The average Bonchev–Trinajstić information content (AvgIpc) is 3.20. The standard InChI is InChI=1S/C30H22N2O4/c33-30-25(18-23-10-7-11-26(19-23)32(34)35)20-29(31(30)21-22-8-3-1-4-9-22)24-14-16-28(17-15-24)36-27-12-5-2-6-13-27/h1-20H,21H2/b25-18+. The Morgan fingerprint density at radius 3 is 2.17 bits per heavy atom. The summed E-state index contributed by atoms with van der Waals surface area (Å²) in [5.41, 5.74) is 3.66. The smallest absolute Gasteiger partial charge is 0.270 e. The van der Waals surface area contributed by atoms with Crippen molar-refractivity contribution >= 4 is 23.4 Å². The number of nitro benzene ring substituents is 1. The number of para-hydroxylation sites is 1. The van der Waals surface area contributed by atoms with Crippen molar-refractivity contribution in [2.24, 2.45) is 0 Å². The highest BCUT2D eigenvalue weighted by molar-refractivity contribution is 6.10. The van der Waals surface area contributed by atoms with E-state index in [4.69, 9.17) is 4.74 Å². The molecule has 0 radical (unpaired) electrons. The molecule has 1 heterocycles. The van der Waals surface area contributed by atoms with Gasteiger partial charge in [0.15, 0.2) is 0 Å². The summed E-state index contributed by atoms with van der Waals surface area (Å²) in [6.45, 7) is 0.403. The van der Waals surface area contributed by atoms with E-state index in [1.54, 1.807) is 23.1 Å². The number of benzene rings is 4. The third-order valence-corrected chi connectivity index (χ3v) is 5.79. The van der Waals surface area contributed by atoms with Crippen molar-refractivity contribution in [2.45, 2.75) is 6.54 Å². The van der Waals surface area contributed by atoms with Crippen molar-refractivity contribution in [1.29, 1.82) is 0 Å². The Bertz CT molecular complexity index is 1460. The number of non-ortho nitro benzene ring substituents is 1. The molecule has 0 saturated carbocycles. The Labute approximate surface area is 208 Å². The lowest BCUT2D eigenvalue weighted by atomic mass is 10.1. The van der Waals surface area contributed by atoms with E-state index in [1.165, 1.54) is 12.1 Å². The van der Waals surface area contributed by atoms with Gasteiger partial charge >= 0.3 is 0 Å². The number of nitrogens with zero attached hydrogens (tertiary/aromatic N) is 2. The summed E-state index contributed by atoms with van der Waals surface area (Å²) in [5, 5.41) is 11.2. The van der Waals surface area contributed by atoms with Gasteiger partial charge in [-0.2, -0.15) is 0 Å². The number of rotatable bonds is 7. The van der Waals surface area contributed by atoms with Crippen LogP contribution in [0.2, 0.25) is 0 Å². The van der Waals surface area contributed by atoms with E-state index in [2.05, 4.69) is 0 Å². The van der Waals surface area contributed by atoms with Crippen LogP contribution in [-0.4, -0.2) is 15.7 Å². The van der Waals surface area contributed by atoms with Gasteiger partial charge in [-0.25, -0.2) is 0 Å². The molecule has 0 fully saturated rings. The van der Waals surface area contributed by atoms with Crippen molar-refractivity contribution in [3.63, 3.8) is 0 Å². The normalized spacial score (nSPS) is 14.1. The summed E-state index contributed by atoms with van der Waals surface area (Å²) in [6.07, 6.45) is 3.52. The van der Waals surface area contributed by atoms with Crippen LogP contribution in [0.15, 0.2) is 121 Å². The second kappa shape index (κ2) is 10.1. The first kappa shape index (κ1) is 22.8. The molecular weight excluding hydrogens is 452 g/mol. The van der Waals surface area contributed by atoms with Crippen LogP contribution in [0.4, 0.5) is 5.69 Å². The van der Waals surface area contributed by atoms with Crippen LogP contribution in [0.3, 0.4) is 0 Å². The Hall–Kier alpha value is -4.97. The minimum absolute atomic E-state index is 0.0193. The number of carbonyl (C=O) groups is 1. The minimum atomic E-state index is -0.444. The molecule has 0 saturated heterocycles. The zero-order chi connectivity index (χ0) is 24.9. The molecule has 0 N–H and O–H groups in total. The number of nitro groups is 1. The quantitative estimate of drug-likeness (QED) is 0.167. The maximum atomic E-state index is 13.5. The number of carbonyl (C=O) groups excluding carboxylic acids is 1. The largest absolute Gasteiger partial charge is 0.457 e. The molecule has 6 heteroatoms. The zero-order valence-corrected chi connectivity index (χ0v) is 19.3. The van der Waals surface area contributed by atoms with Crippen LogP contribution in [0, 0.1) is 10.1 Å². The maximum Gasteiger partial charge on any atom is 0.270 e. The summed E-state index contributed by atoms with van der Waals surface area (Å²) in [5.74, 6) is 1.27. The molecule has 1 aliphatic heterocycles. The van der Waals surface area contributed by atoms with Gasteiger partial charge in [0.25, 0.3) is 11.6 Å². The Balaban J connectivity index is 1.48. The van der Waals surface area contributed by atoms with E-state index in [0.717, 1.165) is 22.6 Å². The van der Waals surface area contributed by atoms with Crippen LogP contribution in [0.25, 0.3) is 11.8 Å². The van der Waals surface area contributed by atoms with Crippen molar-refractivity contribution < 1.29 is 14.5 Å². The topological polar surface area (TPSA) is 72.7 Å². The van der Waals surface area contributed by atoms with E-state index < -0.39 is 4.92 Å². The first-order chi connectivity index (χ1) is 17.6. The predicted octanol–water partition coefficient (Wildman–Crippen LogP) is 6.85. The van der Waals surface area contributed by atoms with E-state index in [0.29, 0.717) is 23.4 Å². The lowest BCUT2D eigenvalue weighted by Crippen LogP contribution is -2.25. The fourth-order valence-electron chi connectivity index (χ4n) is 4.04. The fraction of sp³-hybridized carbons (Fsp3) is 0.0333. The molecule has 0 unspecified atom stereocenters. The SMILES string of the molecule is O=C1/C(=C/c2cccc([N+](=O)[O-])c2)C=C(c2ccc(Oc3ccccc3)cc2)N1Cc1ccccc1. The van der Waals surface area contributed by atoms with Gasteiger partial charge < -0.3 is 9.64 Å². The lowest BCUT2D eigenvalue weighted by molar-refractivity contribution is -0.384. The molecule has 36 heavy (non-hydrogen) atoms. The maximum absolute atomic E-state index is 13.5. The van der Waals surface area contributed by atoms with Crippen LogP contribution < -0.4 is 4.74 Å². The van der Waals surface area contributed by atoms with Gasteiger partial charge in [0.2, 0.25) is 0 Å². The van der Waals surface area contributed by atoms with E-state index in [9.17, 15) is 14.9 Å². The van der Waals surface area contributed by atoms with Gasteiger partial charge in [-0.3, -0.25) is 14.9 Å². The molecule has 1 amide bonds. The van der Waals surface area contributed by atoms with Gasteiger partial charge in [0, 0.05) is 17.7 Å². The Morgan fingerprint density at radius 2 is 1.47 bits per heavy atom. The van der Waals surface area contributed by atoms with Crippen molar-refractivity contribution in [2.75, 3.05) is 0 Å². The highest BCUT2D eigenvalue weighted by Gasteiger charge is 2.29. The van der Waals surface area contributed by atoms with E-state index in [-0.39, 0.29) is 11.6 Å². The van der Waals surface area contributed by atoms with Gasteiger partial charge in [0.05, 0.1) is 17.2 Å². The molecular formula is C30H22N2O4. The Kier molecular flexibility index (Phi) is 6.40. The number of hydrogen-bond acceptors (Lipinski definition) is 4. The van der Waals surface area contributed by atoms with Crippen molar-refractivity contribution in [3.8, 4) is 11.5 Å². The highest BCUT2D eigenvalue weighted by Crippen LogP contribution is 2.34. The molecule has 0 spiro atoms. The lowest BCUT2D eigenvalue weighted by Gasteiger charge is -2.21. The summed E-state index contributed by atoms with van der Waals surface area (Å²) in [4.78, 5) is 25.9. The fourth-order valence-corrected chi connectivity index (χ4v) is 4.04. The van der Waals surface area contributed by atoms with E-state index in [1.807, 2.05) is 91.0 Å². The molecule has 0 atom stereocenters. The van der Waals surface area contributed by atoms with Crippen LogP contribution >= 0.6 is 0 Å². The second-order valence-corrected chi connectivity index (χ2v) is 8.30. The third-order valence-electron chi connectivity index (χ3n) is 5.79. The van der Waals surface area contributed by atoms with Gasteiger partial charge in [0.1, 0.15) is 11.5 Å². The summed E-state index contributed by atoms with van der Waals surface area (Å²) < 4.78 is 5.90. The Morgan fingerprint density at radius 1 is 0.806 bits per heavy atom. The molecule has 4 aromatic carbocycles. The van der Waals surface area contributed by atoms with Crippen LogP contribution in [0.1, 0.15) is 16.7 Å². The second-order valence-electron chi connectivity index (χ2n) is 8.30. The number of ether oxygens (including phenoxy) is 1. The van der Waals surface area contributed by atoms with Gasteiger partial charge in [-0.15, -0.1) is 0 Å². The first-order valence-corrected chi connectivity index (χ1v) is 11.4. The zero-order valence-electron chi connectivity index (χ0n) is 19.3. The van der Waals surface area contributed by atoms with Crippen molar-refractivity contribution in [3.05, 3.63) is 148 Å². The molecule has 6 nitrogen and oxygen atoms in total. The monoisotopic (exact) mass is 474 g/mol. The van der Waals surface area contributed by atoms with Gasteiger partial charge in [-0.1, -0.05) is 60.7 Å². The molecule has 4 aromatic rings. The van der Waals surface area contributed by atoms with E-state index >= 15 is 0 Å². The number of amides is 1. The molecule has 0 aliphatic carbocycles. The van der Waals surface area contributed by atoms with Crippen LogP contribution in [0.5, 0.6) is 11.5 Å². The average molecular weight is 475 g/mol. The molecule has 5 rings (SSSR count).